The van der Waals surface area contributed by atoms with Crippen molar-refractivity contribution in [3.8, 4) is 0 Å². The van der Waals surface area contributed by atoms with Gasteiger partial charge >= 0.3 is 5.97 Å². The molecule has 11 N–H and O–H groups in total. The van der Waals surface area contributed by atoms with E-state index in [9.17, 15) is 45.6 Å². The Balaban J connectivity index is 0.000000973. The number of carbonyl (C=O) groups is 1. The van der Waals surface area contributed by atoms with E-state index >= 15 is 0 Å². The second-order valence-electron chi connectivity index (χ2n) is 10.3. The number of carboxylic acid groups (broad SMARTS) is 1. The van der Waals surface area contributed by atoms with Gasteiger partial charge in [0.2, 0.25) is 0 Å². The summed E-state index contributed by atoms with van der Waals surface area (Å²) in [7, 11) is 0. The molecule has 254 valence electrons. The topological polar surface area (TPSA) is 295 Å². The monoisotopic (exact) mass is 652 g/mol. The molecule has 0 amide bonds. The van der Waals surface area contributed by atoms with Crippen molar-refractivity contribution in [2.45, 2.75) is 92.8 Å². The second kappa shape index (κ2) is 17.8. The Morgan fingerprint density at radius 3 is 2.00 bits per heavy atom. The third-order valence-corrected chi connectivity index (χ3v) is 7.28. The van der Waals surface area contributed by atoms with Crippen molar-refractivity contribution < 1.29 is 89.4 Å². The van der Waals surface area contributed by atoms with Crippen LogP contribution in [-0.4, -0.2) is 187 Å². The van der Waals surface area contributed by atoms with Crippen molar-refractivity contribution in [3.05, 3.63) is 0 Å². The standard InChI is InChI=1S/C21H36O15S.C3H8O3/c1-8-7-32-21(20(29)30,4-9(8)24)36-17-12(25)10(5-22)33-19(15(17)28)35-16-11(6-23)34-18(31-2-3-37)14(27)13(16)26;4-1-3(6)2-5/h8-19,22-28,37H,2-7H2,1H3,(H,29,30);3-6H,1-2H2/t8-,9+,10?,11?,12-,13+,14-,15-,16+,17-,18?,19?,21-;/m0./s1. The SMILES string of the molecule is C[C@H]1CO[C@@](O[C@@H]2[C@H](O)C(O[C@@H]3C(CO)OC(OCCS)[C@@H](O)[C@H]3O)OC(CO)[C@@H]2O)(C(=O)O)C[C@H]1O.OCC(O)CO. The molecular weight excluding hydrogens is 608 g/mol. The molecule has 0 aromatic carbocycles. The first kappa shape index (κ1) is 38.4. The molecule has 43 heavy (non-hydrogen) atoms. The Hall–Kier alpha value is -0.820. The molecular formula is C24H44O18S. The summed E-state index contributed by atoms with van der Waals surface area (Å²) < 4.78 is 32.7. The Morgan fingerprint density at radius 2 is 1.51 bits per heavy atom. The number of carboxylic acids is 1. The third kappa shape index (κ3) is 9.59. The molecule has 19 heteroatoms. The average molecular weight is 653 g/mol. The molecule has 0 spiro atoms. The van der Waals surface area contributed by atoms with Crippen LogP contribution in [0.15, 0.2) is 0 Å². The first-order valence-electron chi connectivity index (χ1n) is 13.6. The highest BCUT2D eigenvalue weighted by molar-refractivity contribution is 7.80. The van der Waals surface area contributed by atoms with Crippen molar-refractivity contribution in [2.24, 2.45) is 5.92 Å². The Labute approximate surface area is 252 Å². The normalized spacial score (nSPS) is 41.9. The van der Waals surface area contributed by atoms with Crippen LogP contribution in [0, 0.1) is 5.92 Å². The molecule has 3 aliphatic heterocycles. The summed E-state index contributed by atoms with van der Waals surface area (Å²) in [5, 5.41) is 106. The van der Waals surface area contributed by atoms with Gasteiger partial charge in [0.15, 0.2) is 12.6 Å². The van der Waals surface area contributed by atoms with Gasteiger partial charge in [-0.15, -0.1) is 0 Å². The lowest BCUT2D eigenvalue weighted by Gasteiger charge is -2.48. The molecule has 3 fully saturated rings. The van der Waals surface area contributed by atoms with E-state index in [2.05, 4.69) is 12.6 Å². The Bertz CT molecular complexity index is 821. The molecule has 0 radical (unpaired) electrons. The summed E-state index contributed by atoms with van der Waals surface area (Å²) in [6.45, 7) is -0.712. The van der Waals surface area contributed by atoms with Gasteiger partial charge < -0.3 is 84.6 Å². The molecule has 18 nitrogen and oxygen atoms in total. The van der Waals surface area contributed by atoms with E-state index < -0.39 is 111 Å². The van der Waals surface area contributed by atoms with Gasteiger partial charge in [0.05, 0.1) is 45.7 Å². The van der Waals surface area contributed by atoms with Crippen LogP contribution in [-0.2, 0) is 33.2 Å². The fraction of sp³-hybridized carbons (Fsp3) is 0.958. The molecule has 3 rings (SSSR count). The highest BCUT2D eigenvalue weighted by Crippen LogP contribution is 2.36. The van der Waals surface area contributed by atoms with Gasteiger partial charge in [-0.1, -0.05) is 6.92 Å². The summed E-state index contributed by atoms with van der Waals surface area (Å²) >= 11 is 3.99. The zero-order chi connectivity index (χ0) is 32.5. The number of aliphatic carboxylic acids is 1. The summed E-state index contributed by atoms with van der Waals surface area (Å²) in [6.07, 6.45) is -18.6. The van der Waals surface area contributed by atoms with E-state index in [0.29, 0.717) is 0 Å². The number of aliphatic hydroxyl groups excluding tert-OH is 10. The maximum atomic E-state index is 12.1. The van der Waals surface area contributed by atoms with Gasteiger partial charge in [-0.2, -0.15) is 12.6 Å². The predicted molar refractivity (Wildman–Crippen MR) is 141 cm³/mol. The highest BCUT2D eigenvalue weighted by Gasteiger charge is 2.56. The molecule has 0 bridgehead atoms. The van der Waals surface area contributed by atoms with Crippen LogP contribution in [0.4, 0.5) is 0 Å². The molecule has 0 aromatic heterocycles. The van der Waals surface area contributed by atoms with Crippen LogP contribution in [0.25, 0.3) is 0 Å². The number of hydrogen-bond donors (Lipinski definition) is 12. The van der Waals surface area contributed by atoms with Crippen molar-refractivity contribution >= 4 is 18.6 Å². The van der Waals surface area contributed by atoms with Crippen molar-refractivity contribution in [2.75, 3.05) is 45.4 Å². The number of rotatable bonds is 12. The predicted octanol–water partition coefficient (Wildman–Crippen LogP) is -5.89. The molecule has 4 unspecified atom stereocenters. The lowest BCUT2D eigenvalue weighted by atomic mass is 9.93. The second-order valence-corrected chi connectivity index (χ2v) is 10.8. The van der Waals surface area contributed by atoms with E-state index in [1.165, 1.54) is 0 Å². The van der Waals surface area contributed by atoms with Gasteiger partial charge in [0.25, 0.3) is 5.79 Å². The van der Waals surface area contributed by atoms with E-state index in [4.69, 9.17) is 43.7 Å². The number of hydrogen-bond acceptors (Lipinski definition) is 18. The number of ether oxygens (including phenoxy) is 6. The van der Waals surface area contributed by atoms with Crippen molar-refractivity contribution in [1.82, 2.24) is 0 Å². The molecule has 3 aliphatic rings. The van der Waals surface area contributed by atoms with E-state index in [0.717, 1.165) is 0 Å². The van der Waals surface area contributed by atoms with Crippen molar-refractivity contribution in [1.29, 1.82) is 0 Å². The first-order chi connectivity index (χ1) is 20.3. The lowest BCUT2D eigenvalue weighted by molar-refractivity contribution is -0.380. The smallest absolute Gasteiger partial charge is 0.364 e. The quantitative estimate of drug-likeness (QED) is 0.0874. The summed E-state index contributed by atoms with van der Waals surface area (Å²) in [4.78, 5) is 12.1. The van der Waals surface area contributed by atoms with Crippen LogP contribution < -0.4 is 0 Å². The average Bonchev–Trinajstić information content (AvgIpc) is 2.99. The van der Waals surface area contributed by atoms with Crippen LogP contribution >= 0.6 is 12.6 Å². The molecule has 3 saturated heterocycles. The first-order valence-corrected chi connectivity index (χ1v) is 14.2. The molecule has 0 aliphatic carbocycles. The molecule has 13 atom stereocenters. The van der Waals surface area contributed by atoms with Gasteiger partial charge in [0, 0.05) is 18.1 Å². The van der Waals surface area contributed by atoms with E-state index in [1.54, 1.807) is 6.92 Å². The van der Waals surface area contributed by atoms with E-state index in [-0.39, 0.29) is 32.2 Å². The lowest BCUT2D eigenvalue weighted by Crippen LogP contribution is -2.67. The largest absolute Gasteiger partial charge is 0.477 e. The molecule has 0 saturated carbocycles. The minimum absolute atomic E-state index is 0.0711. The molecule has 0 aromatic rings. The highest BCUT2D eigenvalue weighted by atomic mass is 32.1. The summed E-state index contributed by atoms with van der Waals surface area (Å²) in [6, 6.07) is 0. The van der Waals surface area contributed by atoms with Gasteiger partial charge in [-0.3, -0.25) is 0 Å². The fourth-order valence-electron chi connectivity index (χ4n) is 4.46. The Morgan fingerprint density at radius 1 is 0.907 bits per heavy atom. The minimum atomic E-state index is -2.44. The van der Waals surface area contributed by atoms with Crippen molar-refractivity contribution in [3.63, 3.8) is 0 Å². The fourth-order valence-corrected chi connectivity index (χ4v) is 4.56. The van der Waals surface area contributed by atoms with Crippen LogP contribution in [0.1, 0.15) is 13.3 Å². The maximum Gasteiger partial charge on any atom is 0.364 e. The van der Waals surface area contributed by atoms with Crippen LogP contribution in [0.2, 0.25) is 0 Å². The maximum absolute atomic E-state index is 12.1. The van der Waals surface area contributed by atoms with Crippen LogP contribution in [0.5, 0.6) is 0 Å². The van der Waals surface area contributed by atoms with Gasteiger partial charge in [-0.25, -0.2) is 4.79 Å². The van der Waals surface area contributed by atoms with Crippen LogP contribution in [0.3, 0.4) is 0 Å². The van der Waals surface area contributed by atoms with E-state index in [1.807, 2.05) is 0 Å². The minimum Gasteiger partial charge on any atom is -0.477 e. The summed E-state index contributed by atoms with van der Waals surface area (Å²) in [5.74, 6) is -4.17. The zero-order valence-corrected chi connectivity index (χ0v) is 24.3. The van der Waals surface area contributed by atoms with Gasteiger partial charge in [0.1, 0.15) is 54.9 Å². The number of thiol groups is 1. The Kier molecular flexibility index (Phi) is 15.8. The summed E-state index contributed by atoms with van der Waals surface area (Å²) in [5.41, 5.74) is 0. The number of aliphatic hydroxyl groups is 10. The molecule has 3 heterocycles. The van der Waals surface area contributed by atoms with Gasteiger partial charge in [-0.05, 0) is 0 Å². The zero-order valence-electron chi connectivity index (χ0n) is 23.4. The third-order valence-electron chi connectivity index (χ3n) is 7.10.